The molecule has 0 saturated carbocycles. The summed E-state index contributed by atoms with van der Waals surface area (Å²) < 4.78 is 5.43. The maximum absolute atomic E-state index is 5.43. The second kappa shape index (κ2) is 3.39. The van der Waals surface area contributed by atoms with Gasteiger partial charge in [0.25, 0.3) is 0 Å². The van der Waals surface area contributed by atoms with Gasteiger partial charge in [0.2, 0.25) is 0 Å². The Kier molecular flexibility index (Phi) is 1.91. The van der Waals surface area contributed by atoms with E-state index in [-0.39, 0.29) is 0 Å². The van der Waals surface area contributed by atoms with Crippen LogP contribution in [-0.2, 0) is 6.42 Å². The zero-order chi connectivity index (χ0) is 10.1. The predicted molar refractivity (Wildman–Crippen MR) is 59.4 cm³/mol. The highest BCUT2D eigenvalue weighted by Crippen LogP contribution is 2.21. The van der Waals surface area contributed by atoms with Crippen molar-refractivity contribution in [3.05, 3.63) is 59.5 Å². The lowest BCUT2D eigenvalue weighted by molar-refractivity contribution is 0.508. The molecule has 1 aromatic carbocycles. The first-order valence-electron chi connectivity index (χ1n) is 5.12. The first-order valence-corrected chi connectivity index (χ1v) is 5.12. The molecule has 0 amide bonds. The summed E-state index contributed by atoms with van der Waals surface area (Å²) in [5.74, 6) is 1.06. The van der Waals surface area contributed by atoms with Gasteiger partial charge in [-0.15, -0.1) is 0 Å². The smallest absolute Gasteiger partial charge is 0.114 e. The molecule has 0 radical (unpaired) electrons. The number of nitrogens with zero attached hydrogens (tertiary/aromatic N) is 1. The Morgan fingerprint density at radius 3 is 2.80 bits per heavy atom. The molecule has 0 bridgehead atoms. The van der Waals surface area contributed by atoms with Crippen molar-refractivity contribution in [2.45, 2.75) is 6.42 Å². The Morgan fingerprint density at radius 2 is 1.93 bits per heavy atom. The van der Waals surface area contributed by atoms with Crippen molar-refractivity contribution in [1.82, 2.24) is 0 Å². The van der Waals surface area contributed by atoms with Crippen molar-refractivity contribution in [1.29, 1.82) is 0 Å². The van der Waals surface area contributed by atoms with Gasteiger partial charge < -0.3 is 4.42 Å². The van der Waals surface area contributed by atoms with Crippen molar-refractivity contribution in [2.75, 3.05) is 6.54 Å². The van der Waals surface area contributed by atoms with Crippen LogP contribution in [0.5, 0.6) is 0 Å². The number of aliphatic imine (C=N–C) groups is 1. The highest BCUT2D eigenvalue weighted by molar-refractivity contribution is 6.13. The number of hydrogen-bond acceptors (Lipinski definition) is 2. The van der Waals surface area contributed by atoms with Gasteiger partial charge in [-0.05, 0) is 6.07 Å². The Bertz CT molecular complexity index is 496. The first kappa shape index (κ1) is 8.48. The third-order valence-corrected chi connectivity index (χ3v) is 2.66. The fourth-order valence-corrected chi connectivity index (χ4v) is 1.94. The molecule has 1 aliphatic rings. The third kappa shape index (κ3) is 1.38. The molecule has 0 unspecified atom stereocenters. The van der Waals surface area contributed by atoms with Gasteiger partial charge in [0.05, 0.1) is 12.0 Å². The molecule has 2 nitrogen and oxygen atoms in total. The van der Waals surface area contributed by atoms with Gasteiger partial charge >= 0.3 is 0 Å². The molecule has 0 atom stereocenters. The molecule has 74 valence electrons. The van der Waals surface area contributed by atoms with Gasteiger partial charge in [0, 0.05) is 24.1 Å². The molecule has 15 heavy (non-hydrogen) atoms. The molecule has 2 heterocycles. The van der Waals surface area contributed by atoms with Crippen LogP contribution in [0, 0.1) is 0 Å². The molecule has 0 N–H and O–H groups in total. The molecule has 2 heteroatoms. The zero-order valence-electron chi connectivity index (χ0n) is 8.31. The fraction of sp³-hybridized carbons (Fsp3) is 0.154. The molecule has 0 aliphatic carbocycles. The van der Waals surface area contributed by atoms with E-state index in [1.165, 1.54) is 5.56 Å². The molecule has 0 saturated heterocycles. The second-order valence-corrected chi connectivity index (χ2v) is 3.60. The second-order valence-electron chi connectivity index (χ2n) is 3.60. The van der Waals surface area contributed by atoms with Crippen LogP contribution in [0.2, 0.25) is 0 Å². The average molecular weight is 197 g/mol. The van der Waals surface area contributed by atoms with E-state index in [4.69, 9.17) is 4.42 Å². The molecular weight excluding hydrogens is 186 g/mol. The van der Waals surface area contributed by atoms with E-state index >= 15 is 0 Å². The normalized spacial score (nSPS) is 14.5. The van der Waals surface area contributed by atoms with Crippen LogP contribution in [0.1, 0.15) is 16.9 Å². The highest BCUT2D eigenvalue weighted by atomic mass is 16.3. The molecule has 2 aromatic rings. The van der Waals surface area contributed by atoms with Gasteiger partial charge in [-0.1, -0.05) is 30.3 Å². The number of hydrogen-bond donors (Lipinski definition) is 0. The number of benzene rings is 1. The summed E-state index contributed by atoms with van der Waals surface area (Å²) >= 11 is 0. The molecular formula is C13H11NO. The zero-order valence-corrected chi connectivity index (χ0v) is 8.31. The van der Waals surface area contributed by atoms with Crippen LogP contribution < -0.4 is 0 Å². The molecule has 1 aliphatic heterocycles. The molecule has 0 spiro atoms. The largest absolute Gasteiger partial charge is 0.469 e. The summed E-state index contributed by atoms with van der Waals surface area (Å²) in [4.78, 5) is 4.57. The summed E-state index contributed by atoms with van der Waals surface area (Å²) in [7, 11) is 0. The minimum Gasteiger partial charge on any atom is -0.469 e. The van der Waals surface area contributed by atoms with Crippen molar-refractivity contribution < 1.29 is 4.42 Å². The predicted octanol–water partition coefficient (Wildman–Crippen LogP) is 2.67. The van der Waals surface area contributed by atoms with Crippen molar-refractivity contribution in [3.63, 3.8) is 0 Å². The number of furan rings is 1. The van der Waals surface area contributed by atoms with Crippen LogP contribution in [0.4, 0.5) is 0 Å². The Morgan fingerprint density at radius 1 is 1.07 bits per heavy atom. The van der Waals surface area contributed by atoms with Crippen molar-refractivity contribution in [3.8, 4) is 0 Å². The summed E-state index contributed by atoms with van der Waals surface area (Å²) in [6.07, 6.45) is 2.66. The SMILES string of the molecule is c1ccc(C2=NCCc3occc32)cc1. The first-order chi connectivity index (χ1) is 7.45. The maximum Gasteiger partial charge on any atom is 0.114 e. The van der Waals surface area contributed by atoms with Crippen LogP contribution in [0.3, 0.4) is 0 Å². The van der Waals surface area contributed by atoms with Crippen molar-refractivity contribution >= 4 is 5.71 Å². The van der Waals surface area contributed by atoms with Crippen LogP contribution in [0.15, 0.2) is 52.1 Å². The summed E-state index contributed by atoms with van der Waals surface area (Å²) in [5, 5.41) is 0. The summed E-state index contributed by atoms with van der Waals surface area (Å²) in [6, 6.07) is 12.3. The lowest BCUT2D eigenvalue weighted by Crippen LogP contribution is -2.11. The van der Waals surface area contributed by atoms with E-state index in [0.717, 1.165) is 30.0 Å². The van der Waals surface area contributed by atoms with Crippen molar-refractivity contribution in [2.24, 2.45) is 4.99 Å². The van der Waals surface area contributed by atoms with E-state index in [1.54, 1.807) is 6.26 Å². The molecule has 3 rings (SSSR count). The summed E-state index contributed by atoms with van der Waals surface area (Å²) in [6.45, 7) is 0.824. The fourth-order valence-electron chi connectivity index (χ4n) is 1.94. The lowest BCUT2D eigenvalue weighted by Gasteiger charge is -2.11. The Labute approximate surface area is 88.3 Å². The van der Waals surface area contributed by atoms with Crippen LogP contribution >= 0.6 is 0 Å². The molecule has 1 aromatic heterocycles. The van der Waals surface area contributed by atoms with Crippen LogP contribution in [0.25, 0.3) is 0 Å². The Hall–Kier alpha value is -1.83. The number of fused-ring (bicyclic) bond motifs is 1. The van der Waals surface area contributed by atoms with E-state index < -0.39 is 0 Å². The maximum atomic E-state index is 5.43. The topological polar surface area (TPSA) is 25.5 Å². The van der Waals surface area contributed by atoms with Gasteiger partial charge in [0.1, 0.15) is 5.76 Å². The minimum absolute atomic E-state index is 0.824. The van der Waals surface area contributed by atoms with E-state index in [2.05, 4.69) is 17.1 Å². The average Bonchev–Trinajstić information content (AvgIpc) is 2.78. The standard InChI is InChI=1S/C13H11NO/c1-2-4-10(5-3-1)13-11-7-9-15-12(11)6-8-14-13/h1-5,7,9H,6,8H2. The highest BCUT2D eigenvalue weighted by Gasteiger charge is 2.17. The minimum atomic E-state index is 0.824. The van der Waals surface area contributed by atoms with Gasteiger partial charge in [-0.25, -0.2) is 0 Å². The lowest BCUT2D eigenvalue weighted by atomic mass is 9.99. The Balaban J connectivity index is 2.12. The summed E-state index contributed by atoms with van der Waals surface area (Å²) in [5.41, 5.74) is 3.37. The van der Waals surface area contributed by atoms with E-state index in [9.17, 15) is 0 Å². The van der Waals surface area contributed by atoms with E-state index in [0.29, 0.717) is 0 Å². The number of rotatable bonds is 1. The monoisotopic (exact) mass is 197 g/mol. The van der Waals surface area contributed by atoms with E-state index in [1.807, 2.05) is 24.3 Å². The third-order valence-electron chi connectivity index (χ3n) is 2.66. The van der Waals surface area contributed by atoms with Crippen LogP contribution in [-0.4, -0.2) is 12.3 Å². The van der Waals surface area contributed by atoms with Gasteiger partial charge in [0.15, 0.2) is 0 Å². The quantitative estimate of drug-likeness (QED) is 0.690. The molecule has 0 fully saturated rings. The van der Waals surface area contributed by atoms with Gasteiger partial charge in [-0.3, -0.25) is 4.99 Å². The van der Waals surface area contributed by atoms with Gasteiger partial charge in [-0.2, -0.15) is 0 Å².